The Morgan fingerprint density at radius 3 is 3.00 bits per heavy atom. The van der Waals surface area contributed by atoms with Crippen molar-refractivity contribution in [1.29, 1.82) is 0 Å². The van der Waals surface area contributed by atoms with Gasteiger partial charge in [-0.2, -0.15) is 0 Å². The topological polar surface area (TPSA) is 70.7 Å². The summed E-state index contributed by atoms with van der Waals surface area (Å²) in [6.07, 6.45) is 1.76. The molecule has 1 saturated heterocycles. The predicted octanol–water partition coefficient (Wildman–Crippen LogP) is -0.469. The van der Waals surface area contributed by atoms with Crippen molar-refractivity contribution in [3.05, 3.63) is 0 Å². The lowest BCUT2D eigenvalue weighted by atomic mass is 10.2. The van der Waals surface area contributed by atoms with Crippen LogP contribution in [0.15, 0.2) is 4.99 Å². The van der Waals surface area contributed by atoms with E-state index in [9.17, 15) is 4.79 Å². The van der Waals surface area contributed by atoms with Crippen LogP contribution in [0, 0.1) is 0 Å². The summed E-state index contributed by atoms with van der Waals surface area (Å²) < 4.78 is 0. The van der Waals surface area contributed by atoms with E-state index in [1.165, 1.54) is 0 Å². The number of guanidine groups is 1. The Labute approximate surface area is 84.4 Å². The number of likely N-dealkylation sites (N-methyl/N-ethyl adjacent to an activating group) is 1. The van der Waals surface area contributed by atoms with Gasteiger partial charge < -0.3 is 16.0 Å². The van der Waals surface area contributed by atoms with Crippen molar-refractivity contribution in [2.75, 3.05) is 20.1 Å². The first-order valence-corrected chi connectivity index (χ1v) is 4.96. The van der Waals surface area contributed by atoms with Crippen molar-refractivity contribution in [3.63, 3.8) is 0 Å². The van der Waals surface area contributed by atoms with Crippen LogP contribution in [-0.4, -0.2) is 42.9 Å². The van der Waals surface area contributed by atoms with E-state index in [1.54, 1.807) is 11.9 Å². The van der Waals surface area contributed by atoms with Crippen LogP contribution >= 0.6 is 0 Å². The number of aliphatic imine (C=N–C) groups is 1. The molecule has 1 aliphatic heterocycles. The van der Waals surface area contributed by atoms with Crippen molar-refractivity contribution in [1.82, 2.24) is 10.2 Å². The van der Waals surface area contributed by atoms with E-state index in [2.05, 4.69) is 10.3 Å². The highest BCUT2D eigenvalue weighted by Crippen LogP contribution is 2.07. The van der Waals surface area contributed by atoms with E-state index in [1.807, 2.05) is 6.92 Å². The van der Waals surface area contributed by atoms with Gasteiger partial charge in [0.25, 0.3) is 0 Å². The van der Waals surface area contributed by atoms with Gasteiger partial charge in [-0.25, -0.2) is 0 Å². The molecule has 80 valence electrons. The van der Waals surface area contributed by atoms with Gasteiger partial charge in [-0.15, -0.1) is 0 Å². The fraction of sp³-hybridized carbons (Fsp3) is 0.778. The minimum atomic E-state index is -0.180. The summed E-state index contributed by atoms with van der Waals surface area (Å²) >= 11 is 0. The summed E-state index contributed by atoms with van der Waals surface area (Å²) in [6.45, 7) is 3.53. The maximum atomic E-state index is 11.5. The maximum Gasteiger partial charge on any atom is 0.244 e. The molecule has 0 saturated carbocycles. The predicted molar refractivity (Wildman–Crippen MR) is 56.0 cm³/mol. The highest BCUT2D eigenvalue weighted by atomic mass is 16.2. The van der Waals surface area contributed by atoms with Crippen LogP contribution < -0.4 is 11.1 Å². The molecule has 1 heterocycles. The third-order valence-electron chi connectivity index (χ3n) is 2.26. The molecular weight excluding hydrogens is 180 g/mol. The van der Waals surface area contributed by atoms with Crippen molar-refractivity contribution >= 4 is 11.9 Å². The van der Waals surface area contributed by atoms with Crippen LogP contribution in [0.2, 0.25) is 0 Å². The second-order valence-corrected chi connectivity index (χ2v) is 3.51. The molecule has 1 rings (SSSR count). The Morgan fingerprint density at radius 2 is 2.50 bits per heavy atom. The SMILES string of the molecule is CCCN=C(N)NC1CCN(C)C1=O. The molecule has 5 heteroatoms. The number of hydrogen-bond donors (Lipinski definition) is 2. The Hall–Kier alpha value is -1.26. The summed E-state index contributed by atoms with van der Waals surface area (Å²) in [4.78, 5) is 17.2. The fourth-order valence-electron chi connectivity index (χ4n) is 1.41. The molecule has 1 aliphatic rings. The molecule has 14 heavy (non-hydrogen) atoms. The van der Waals surface area contributed by atoms with E-state index in [0.29, 0.717) is 12.5 Å². The highest BCUT2D eigenvalue weighted by Gasteiger charge is 2.28. The molecule has 0 bridgehead atoms. The summed E-state index contributed by atoms with van der Waals surface area (Å²) in [5, 5.41) is 2.93. The summed E-state index contributed by atoms with van der Waals surface area (Å²) in [7, 11) is 1.80. The molecule has 1 unspecified atom stereocenters. The second kappa shape index (κ2) is 4.83. The van der Waals surface area contributed by atoms with Crippen LogP contribution in [0.4, 0.5) is 0 Å². The Balaban J connectivity index is 2.41. The van der Waals surface area contributed by atoms with Gasteiger partial charge in [0.05, 0.1) is 0 Å². The van der Waals surface area contributed by atoms with E-state index in [-0.39, 0.29) is 11.9 Å². The largest absolute Gasteiger partial charge is 0.370 e. The lowest BCUT2D eigenvalue weighted by molar-refractivity contribution is -0.127. The van der Waals surface area contributed by atoms with E-state index in [0.717, 1.165) is 19.4 Å². The monoisotopic (exact) mass is 198 g/mol. The number of nitrogens with two attached hydrogens (primary N) is 1. The molecule has 0 aromatic heterocycles. The number of nitrogens with zero attached hydrogens (tertiary/aromatic N) is 2. The minimum Gasteiger partial charge on any atom is -0.370 e. The first-order chi connectivity index (χ1) is 6.65. The second-order valence-electron chi connectivity index (χ2n) is 3.51. The summed E-state index contributed by atoms with van der Waals surface area (Å²) in [5.41, 5.74) is 5.62. The molecular formula is C9H18N4O. The zero-order valence-corrected chi connectivity index (χ0v) is 8.79. The highest BCUT2D eigenvalue weighted by molar-refractivity contribution is 5.89. The molecule has 1 fully saturated rings. The number of carbonyl (C=O) groups is 1. The number of likely N-dealkylation sites (tertiary alicyclic amines) is 1. The van der Waals surface area contributed by atoms with Gasteiger partial charge in [-0.3, -0.25) is 9.79 Å². The molecule has 0 spiro atoms. The lowest BCUT2D eigenvalue weighted by Crippen LogP contribution is -2.44. The van der Waals surface area contributed by atoms with Crippen LogP contribution in [-0.2, 0) is 4.79 Å². The first-order valence-electron chi connectivity index (χ1n) is 4.96. The van der Waals surface area contributed by atoms with Gasteiger partial charge in [-0.05, 0) is 12.8 Å². The Bertz CT molecular complexity index is 239. The third-order valence-corrected chi connectivity index (χ3v) is 2.26. The van der Waals surface area contributed by atoms with Gasteiger partial charge in [-0.1, -0.05) is 6.92 Å². The van der Waals surface area contributed by atoms with Gasteiger partial charge in [0.2, 0.25) is 5.91 Å². The molecule has 5 nitrogen and oxygen atoms in total. The van der Waals surface area contributed by atoms with Gasteiger partial charge in [0, 0.05) is 20.1 Å². The standard InChI is InChI=1S/C9H18N4O/c1-3-5-11-9(10)12-7-4-6-13(2)8(7)14/h7H,3-6H2,1-2H3,(H3,10,11,12). The molecule has 3 N–H and O–H groups in total. The van der Waals surface area contributed by atoms with Crippen molar-refractivity contribution in [2.24, 2.45) is 10.7 Å². The van der Waals surface area contributed by atoms with E-state index >= 15 is 0 Å². The molecule has 1 atom stereocenters. The molecule has 0 aromatic rings. The summed E-state index contributed by atoms with van der Waals surface area (Å²) in [5.74, 6) is 0.472. The van der Waals surface area contributed by atoms with Crippen LogP contribution in [0.25, 0.3) is 0 Å². The van der Waals surface area contributed by atoms with E-state index < -0.39 is 0 Å². The summed E-state index contributed by atoms with van der Waals surface area (Å²) in [6, 6.07) is -0.180. The molecule has 0 radical (unpaired) electrons. The average molecular weight is 198 g/mol. The van der Waals surface area contributed by atoms with Gasteiger partial charge in [0.1, 0.15) is 6.04 Å². The Morgan fingerprint density at radius 1 is 1.79 bits per heavy atom. The number of carbonyl (C=O) groups excluding carboxylic acids is 1. The van der Waals surface area contributed by atoms with Gasteiger partial charge in [0.15, 0.2) is 5.96 Å². The van der Waals surface area contributed by atoms with Crippen molar-refractivity contribution in [2.45, 2.75) is 25.8 Å². The van der Waals surface area contributed by atoms with Gasteiger partial charge >= 0.3 is 0 Å². The lowest BCUT2D eigenvalue weighted by Gasteiger charge is -2.12. The minimum absolute atomic E-state index is 0.0969. The number of nitrogens with one attached hydrogen (secondary N) is 1. The van der Waals surface area contributed by atoms with Crippen molar-refractivity contribution < 1.29 is 4.79 Å². The van der Waals surface area contributed by atoms with E-state index in [4.69, 9.17) is 5.73 Å². The smallest absolute Gasteiger partial charge is 0.244 e. The molecule has 0 aromatic carbocycles. The maximum absolute atomic E-state index is 11.5. The first kappa shape index (κ1) is 10.8. The zero-order chi connectivity index (χ0) is 10.6. The van der Waals surface area contributed by atoms with Crippen LogP contribution in [0.3, 0.4) is 0 Å². The number of amides is 1. The molecule has 0 aliphatic carbocycles. The van der Waals surface area contributed by atoms with Crippen molar-refractivity contribution in [3.8, 4) is 0 Å². The quantitative estimate of drug-likeness (QED) is 0.476. The number of rotatable bonds is 3. The van der Waals surface area contributed by atoms with Crippen LogP contribution in [0.1, 0.15) is 19.8 Å². The Kier molecular flexibility index (Phi) is 3.73. The average Bonchev–Trinajstić information content (AvgIpc) is 2.46. The fourth-order valence-corrected chi connectivity index (χ4v) is 1.41. The zero-order valence-electron chi connectivity index (χ0n) is 8.79. The third kappa shape index (κ3) is 2.61. The van der Waals surface area contributed by atoms with Crippen LogP contribution in [0.5, 0.6) is 0 Å². The normalized spacial score (nSPS) is 23.0. The number of hydrogen-bond acceptors (Lipinski definition) is 2. The molecule has 1 amide bonds.